The van der Waals surface area contributed by atoms with Crippen molar-refractivity contribution in [3.05, 3.63) is 108 Å². The maximum atomic E-state index is 12.3. The molecule has 0 bridgehead atoms. The highest BCUT2D eigenvalue weighted by molar-refractivity contribution is 5.93. The molecule has 0 spiro atoms. The van der Waals surface area contributed by atoms with Crippen molar-refractivity contribution in [1.29, 1.82) is 0 Å². The number of para-hydroxylation sites is 2. The number of hydrogen-bond donors (Lipinski definition) is 1. The first-order valence-electron chi connectivity index (χ1n) is 9.34. The van der Waals surface area contributed by atoms with Gasteiger partial charge in [0.1, 0.15) is 12.3 Å². The number of ether oxygens (including phenoxy) is 2. The molecule has 0 aliphatic heterocycles. The molecule has 0 unspecified atom stereocenters. The summed E-state index contributed by atoms with van der Waals surface area (Å²) in [5, 5.41) is 2.49. The van der Waals surface area contributed by atoms with Crippen LogP contribution in [0, 0.1) is 0 Å². The number of benzene rings is 3. The van der Waals surface area contributed by atoms with Crippen molar-refractivity contribution in [2.24, 2.45) is 0 Å². The minimum absolute atomic E-state index is 0.0525. The van der Waals surface area contributed by atoms with E-state index in [9.17, 15) is 9.59 Å². The van der Waals surface area contributed by atoms with Gasteiger partial charge >= 0.3 is 12.1 Å². The number of carbonyl (C=O) groups is 2. The number of methoxy groups -OCH3 is 1. The summed E-state index contributed by atoms with van der Waals surface area (Å²) in [4.78, 5) is 26.4. The Morgan fingerprint density at radius 2 is 1.33 bits per heavy atom. The smallest absolute Gasteiger partial charge is 0.412 e. The molecule has 3 rings (SSSR count). The topological polar surface area (TPSA) is 67.9 Å². The summed E-state index contributed by atoms with van der Waals surface area (Å²) in [5.41, 5.74) is 2.41. The van der Waals surface area contributed by atoms with Gasteiger partial charge in [0.2, 0.25) is 0 Å². The van der Waals surface area contributed by atoms with E-state index < -0.39 is 12.1 Å². The predicted molar refractivity (Wildman–Crippen MR) is 115 cm³/mol. The van der Waals surface area contributed by atoms with Gasteiger partial charge in [0.15, 0.2) is 0 Å². The minimum atomic E-state index is -0.753. The second kappa shape index (κ2) is 10.5. The number of nitrogens with zero attached hydrogens (tertiary/aromatic N) is 1. The van der Waals surface area contributed by atoms with Crippen molar-refractivity contribution in [3.8, 4) is 0 Å². The van der Waals surface area contributed by atoms with Crippen LogP contribution in [0.5, 0.6) is 0 Å². The molecule has 152 valence electrons. The molecule has 3 aromatic rings. The summed E-state index contributed by atoms with van der Waals surface area (Å²) in [6, 6.07) is 28.2. The van der Waals surface area contributed by atoms with Crippen LogP contribution in [0.1, 0.15) is 5.56 Å². The molecule has 6 heteroatoms. The van der Waals surface area contributed by atoms with Crippen LogP contribution in [-0.4, -0.2) is 19.2 Å². The normalized spacial score (nSPS) is 10.8. The molecule has 0 atom stereocenters. The SMILES string of the molecule is COC(=O)/C(=C/N(c1ccccc1)c1ccccc1)NC(=O)OCc1ccccc1. The van der Waals surface area contributed by atoms with Gasteiger partial charge in [-0.25, -0.2) is 9.59 Å². The Morgan fingerprint density at radius 3 is 1.83 bits per heavy atom. The Bertz CT molecular complexity index is 950. The van der Waals surface area contributed by atoms with Gasteiger partial charge in [-0.15, -0.1) is 0 Å². The fourth-order valence-electron chi connectivity index (χ4n) is 2.72. The highest BCUT2D eigenvalue weighted by Gasteiger charge is 2.18. The average Bonchev–Trinajstić information content (AvgIpc) is 2.81. The standard InChI is InChI=1S/C24H22N2O4/c1-29-23(27)22(25-24(28)30-18-19-11-5-2-6-12-19)17-26(20-13-7-3-8-14-20)21-15-9-4-10-16-21/h2-17H,18H2,1H3,(H,25,28)/b22-17-. The second-order valence-electron chi connectivity index (χ2n) is 6.26. The summed E-state index contributed by atoms with van der Waals surface area (Å²) in [5.74, 6) is -0.691. The summed E-state index contributed by atoms with van der Waals surface area (Å²) in [6.07, 6.45) is 0.761. The molecular weight excluding hydrogens is 380 g/mol. The van der Waals surface area contributed by atoms with Gasteiger partial charge in [0.25, 0.3) is 0 Å². The van der Waals surface area contributed by atoms with Gasteiger partial charge in [0, 0.05) is 17.6 Å². The van der Waals surface area contributed by atoms with E-state index in [-0.39, 0.29) is 12.3 Å². The molecule has 0 saturated carbocycles. The Balaban J connectivity index is 1.84. The summed E-state index contributed by atoms with van der Waals surface area (Å²) in [6.45, 7) is 0.0855. The number of esters is 1. The van der Waals surface area contributed by atoms with Crippen molar-refractivity contribution in [2.75, 3.05) is 12.0 Å². The van der Waals surface area contributed by atoms with Crippen LogP contribution in [0.3, 0.4) is 0 Å². The van der Waals surface area contributed by atoms with E-state index in [1.165, 1.54) is 13.3 Å². The second-order valence-corrected chi connectivity index (χ2v) is 6.26. The molecule has 1 N–H and O–H groups in total. The zero-order chi connectivity index (χ0) is 21.2. The van der Waals surface area contributed by atoms with Crippen LogP contribution >= 0.6 is 0 Å². The number of amides is 1. The van der Waals surface area contributed by atoms with E-state index in [4.69, 9.17) is 9.47 Å². The Morgan fingerprint density at radius 1 is 0.833 bits per heavy atom. The fraction of sp³-hybridized carbons (Fsp3) is 0.0833. The lowest BCUT2D eigenvalue weighted by Gasteiger charge is -2.22. The molecular formula is C24H22N2O4. The fourth-order valence-corrected chi connectivity index (χ4v) is 2.72. The molecule has 30 heavy (non-hydrogen) atoms. The quantitative estimate of drug-likeness (QED) is 0.456. The van der Waals surface area contributed by atoms with Crippen molar-refractivity contribution >= 4 is 23.4 Å². The van der Waals surface area contributed by atoms with Gasteiger partial charge in [-0.05, 0) is 29.8 Å². The summed E-state index contributed by atoms with van der Waals surface area (Å²) in [7, 11) is 1.25. The molecule has 0 heterocycles. The molecule has 0 fully saturated rings. The Labute approximate surface area is 175 Å². The number of hydrogen-bond acceptors (Lipinski definition) is 5. The summed E-state index contributed by atoms with van der Waals surface area (Å²) >= 11 is 0. The number of rotatable bonds is 7. The average molecular weight is 402 g/mol. The molecule has 0 aliphatic carbocycles. The van der Waals surface area contributed by atoms with E-state index in [1.54, 1.807) is 4.90 Å². The Hall–Kier alpha value is -4.06. The first-order chi connectivity index (χ1) is 14.7. The third-order valence-corrected chi connectivity index (χ3v) is 4.18. The third-order valence-electron chi connectivity index (χ3n) is 4.18. The lowest BCUT2D eigenvalue weighted by molar-refractivity contribution is -0.136. The van der Waals surface area contributed by atoms with Crippen LogP contribution < -0.4 is 10.2 Å². The van der Waals surface area contributed by atoms with E-state index in [1.807, 2.05) is 91.0 Å². The lowest BCUT2D eigenvalue weighted by atomic mass is 10.2. The Kier molecular flexibility index (Phi) is 7.22. The van der Waals surface area contributed by atoms with Crippen LogP contribution in [0.4, 0.5) is 16.2 Å². The number of anilines is 2. The predicted octanol–water partition coefficient (Wildman–Crippen LogP) is 4.77. The number of carbonyl (C=O) groups excluding carboxylic acids is 2. The number of nitrogens with one attached hydrogen (secondary N) is 1. The maximum absolute atomic E-state index is 12.3. The lowest BCUT2D eigenvalue weighted by Crippen LogP contribution is -2.30. The van der Waals surface area contributed by atoms with Gasteiger partial charge in [0.05, 0.1) is 7.11 Å². The molecule has 6 nitrogen and oxygen atoms in total. The monoisotopic (exact) mass is 402 g/mol. The molecule has 3 aromatic carbocycles. The van der Waals surface area contributed by atoms with Crippen LogP contribution in [-0.2, 0) is 20.9 Å². The van der Waals surface area contributed by atoms with Gasteiger partial charge < -0.3 is 14.4 Å². The highest BCUT2D eigenvalue weighted by Crippen LogP contribution is 2.26. The van der Waals surface area contributed by atoms with Crippen LogP contribution in [0.15, 0.2) is 103 Å². The van der Waals surface area contributed by atoms with E-state index >= 15 is 0 Å². The van der Waals surface area contributed by atoms with E-state index in [0.717, 1.165) is 16.9 Å². The molecule has 0 radical (unpaired) electrons. The van der Waals surface area contributed by atoms with Crippen molar-refractivity contribution in [2.45, 2.75) is 6.61 Å². The zero-order valence-corrected chi connectivity index (χ0v) is 16.5. The molecule has 0 aliphatic rings. The van der Waals surface area contributed by atoms with Gasteiger partial charge in [-0.2, -0.15) is 0 Å². The van der Waals surface area contributed by atoms with Gasteiger partial charge in [-0.3, -0.25) is 5.32 Å². The van der Waals surface area contributed by atoms with E-state index in [0.29, 0.717) is 0 Å². The minimum Gasteiger partial charge on any atom is -0.464 e. The van der Waals surface area contributed by atoms with Gasteiger partial charge in [-0.1, -0.05) is 66.7 Å². The third kappa shape index (κ3) is 5.72. The highest BCUT2D eigenvalue weighted by atomic mass is 16.6. The van der Waals surface area contributed by atoms with E-state index in [2.05, 4.69) is 5.32 Å². The van der Waals surface area contributed by atoms with Crippen molar-refractivity contribution in [3.63, 3.8) is 0 Å². The first kappa shape index (κ1) is 20.7. The summed E-state index contributed by atoms with van der Waals surface area (Å²) < 4.78 is 10.1. The zero-order valence-electron chi connectivity index (χ0n) is 16.5. The maximum Gasteiger partial charge on any atom is 0.412 e. The van der Waals surface area contributed by atoms with Crippen LogP contribution in [0.2, 0.25) is 0 Å². The molecule has 1 amide bonds. The first-order valence-corrected chi connectivity index (χ1v) is 9.34. The largest absolute Gasteiger partial charge is 0.464 e. The molecule has 0 aromatic heterocycles. The molecule has 0 saturated heterocycles. The van der Waals surface area contributed by atoms with Crippen LogP contribution in [0.25, 0.3) is 0 Å². The van der Waals surface area contributed by atoms with Crippen molar-refractivity contribution < 1.29 is 19.1 Å². The number of alkyl carbamates (subject to hydrolysis) is 1. The van der Waals surface area contributed by atoms with Crippen molar-refractivity contribution in [1.82, 2.24) is 5.32 Å².